The first-order chi connectivity index (χ1) is 5.58. The molecule has 0 aromatic rings. The van der Waals surface area contributed by atoms with E-state index in [1.807, 2.05) is 6.26 Å². The van der Waals surface area contributed by atoms with E-state index in [-0.39, 0.29) is 11.9 Å². The van der Waals surface area contributed by atoms with Crippen molar-refractivity contribution in [3.63, 3.8) is 0 Å². The molecule has 0 radical (unpaired) electrons. The number of rotatable bonds is 4. The Hall–Kier alpha value is 0.400. The van der Waals surface area contributed by atoms with Gasteiger partial charge in [0.25, 0.3) is 0 Å². The normalized spacial score (nSPS) is 25.1. The molecule has 5 heteroatoms. The molecular weight excluding hydrogens is 219 g/mol. The lowest BCUT2D eigenvalue weighted by atomic mass is 10.4. The Labute approximate surface area is 85.9 Å². The Balaban J connectivity index is 2.14. The van der Waals surface area contributed by atoms with Crippen LogP contribution in [-0.4, -0.2) is 28.9 Å². The largest absolute Gasteiger partial charge is 0.465 e. The molecule has 1 atom stereocenters. The minimum Gasteiger partial charge on any atom is -0.465 e. The molecule has 12 heavy (non-hydrogen) atoms. The minimum absolute atomic E-state index is 0.269. The molecule has 0 amide bonds. The monoisotopic (exact) mass is 228 g/mol. The van der Waals surface area contributed by atoms with Gasteiger partial charge < -0.3 is 4.74 Å². The average molecular weight is 229 g/mol. The van der Waals surface area contributed by atoms with E-state index in [0.29, 0.717) is 13.0 Å². The molecule has 0 bridgehead atoms. The molecule has 0 saturated heterocycles. The molecule has 1 unspecified atom stereocenters. The lowest BCUT2D eigenvalue weighted by Crippen LogP contribution is -2.12. The molecular formula is C7H10Cl2O2S. The van der Waals surface area contributed by atoms with Crippen LogP contribution in [0.4, 0.5) is 0 Å². The molecule has 70 valence electrons. The molecule has 1 saturated carbocycles. The SMILES string of the molecule is CSCCOC(=O)C1CC1(Cl)Cl. The second-order valence-corrected chi connectivity index (χ2v) is 5.21. The van der Waals surface area contributed by atoms with Crippen molar-refractivity contribution in [2.45, 2.75) is 10.8 Å². The Morgan fingerprint density at radius 1 is 1.75 bits per heavy atom. The van der Waals surface area contributed by atoms with Crippen LogP contribution < -0.4 is 0 Å². The zero-order valence-corrected chi connectivity index (χ0v) is 9.01. The van der Waals surface area contributed by atoms with Gasteiger partial charge in [-0.2, -0.15) is 11.8 Å². The predicted octanol–water partition coefficient (Wildman–Crippen LogP) is 2.09. The zero-order valence-electron chi connectivity index (χ0n) is 6.68. The van der Waals surface area contributed by atoms with E-state index < -0.39 is 4.33 Å². The number of esters is 1. The standard InChI is InChI=1S/C7H10Cl2O2S/c1-12-3-2-11-6(10)5-4-7(5,8)9/h5H,2-4H2,1H3. The Morgan fingerprint density at radius 3 is 2.75 bits per heavy atom. The Bertz CT molecular complexity index is 184. The van der Waals surface area contributed by atoms with E-state index in [1.165, 1.54) is 0 Å². The van der Waals surface area contributed by atoms with Gasteiger partial charge in [0, 0.05) is 5.75 Å². The van der Waals surface area contributed by atoms with Gasteiger partial charge in [-0.3, -0.25) is 4.79 Å². The lowest BCUT2D eigenvalue weighted by molar-refractivity contribution is -0.144. The van der Waals surface area contributed by atoms with Gasteiger partial charge in [-0.25, -0.2) is 0 Å². The highest BCUT2D eigenvalue weighted by Gasteiger charge is 2.57. The van der Waals surface area contributed by atoms with Crippen LogP contribution in [0.5, 0.6) is 0 Å². The third-order valence-electron chi connectivity index (χ3n) is 1.64. The number of hydrogen-bond acceptors (Lipinski definition) is 3. The first-order valence-electron chi connectivity index (χ1n) is 3.61. The first-order valence-corrected chi connectivity index (χ1v) is 5.76. The summed E-state index contributed by atoms with van der Waals surface area (Å²) in [5.41, 5.74) is 0. The fraction of sp³-hybridized carbons (Fsp3) is 0.857. The van der Waals surface area contributed by atoms with Crippen molar-refractivity contribution < 1.29 is 9.53 Å². The topological polar surface area (TPSA) is 26.3 Å². The smallest absolute Gasteiger partial charge is 0.312 e. The van der Waals surface area contributed by atoms with E-state index in [0.717, 1.165) is 5.75 Å². The van der Waals surface area contributed by atoms with Crippen molar-refractivity contribution in [1.29, 1.82) is 0 Å². The van der Waals surface area contributed by atoms with Gasteiger partial charge in [0.1, 0.15) is 10.9 Å². The van der Waals surface area contributed by atoms with Crippen molar-refractivity contribution in [2.24, 2.45) is 5.92 Å². The fourth-order valence-electron chi connectivity index (χ4n) is 0.795. The number of thioether (sulfide) groups is 1. The van der Waals surface area contributed by atoms with Crippen molar-refractivity contribution in [3.05, 3.63) is 0 Å². The van der Waals surface area contributed by atoms with E-state index in [4.69, 9.17) is 27.9 Å². The Kier molecular flexibility index (Phi) is 3.56. The average Bonchev–Trinajstić information content (AvgIpc) is 2.60. The summed E-state index contributed by atoms with van der Waals surface area (Å²) in [6.07, 6.45) is 2.48. The van der Waals surface area contributed by atoms with E-state index in [1.54, 1.807) is 11.8 Å². The number of alkyl halides is 2. The van der Waals surface area contributed by atoms with Crippen molar-refractivity contribution in [3.8, 4) is 0 Å². The van der Waals surface area contributed by atoms with Crippen molar-refractivity contribution >= 4 is 40.9 Å². The van der Waals surface area contributed by atoms with Gasteiger partial charge >= 0.3 is 5.97 Å². The molecule has 0 spiro atoms. The van der Waals surface area contributed by atoms with E-state index in [9.17, 15) is 4.79 Å². The highest BCUT2D eigenvalue weighted by Crippen LogP contribution is 2.53. The van der Waals surface area contributed by atoms with Crippen molar-refractivity contribution in [2.75, 3.05) is 18.6 Å². The molecule has 1 rings (SSSR count). The summed E-state index contributed by atoms with van der Waals surface area (Å²) < 4.78 is 4.06. The highest BCUT2D eigenvalue weighted by molar-refractivity contribution is 7.98. The van der Waals surface area contributed by atoms with Crippen molar-refractivity contribution in [1.82, 2.24) is 0 Å². The summed E-state index contributed by atoms with van der Waals surface area (Å²) >= 11 is 13.0. The molecule has 0 aliphatic heterocycles. The maximum atomic E-state index is 11.1. The number of carbonyl (C=O) groups excluding carboxylic acids is 1. The van der Waals surface area contributed by atoms with Crippen LogP contribution in [0.1, 0.15) is 6.42 Å². The maximum absolute atomic E-state index is 11.1. The number of halogens is 2. The minimum atomic E-state index is -0.851. The predicted molar refractivity (Wildman–Crippen MR) is 51.9 cm³/mol. The van der Waals surface area contributed by atoms with Crippen LogP contribution >= 0.6 is 35.0 Å². The van der Waals surface area contributed by atoms with Crippen LogP contribution in [0.3, 0.4) is 0 Å². The number of ether oxygens (including phenoxy) is 1. The third-order valence-corrected chi connectivity index (χ3v) is 3.05. The number of carbonyl (C=O) groups is 1. The second-order valence-electron chi connectivity index (χ2n) is 2.68. The molecule has 0 aromatic heterocycles. The van der Waals surface area contributed by atoms with Gasteiger partial charge in [0.15, 0.2) is 0 Å². The van der Waals surface area contributed by atoms with Gasteiger partial charge in [-0.05, 0) is 12.7 Å². The van der Waals surface area contributed by atoms with Gasteiger partial charge in [0.05, 0.1) is 5.92 Å². The molecule has 1 fully saturated rings. The summed E-state index contributed by atoms with van der Waals surface area (Å²) in [6, 6.07) is 0. The van der Waals surface area contributed by atoms with E-state index >= 15 is 0 Å². The maximum Gasteiger partial charge on any atom is 0.312 e. The Morgan fingerprint density at radius 2 is 2.33 bits per heavy atom. The van der Waals surface area contributed by atoms with E-state index in [2.05, 4.69) is 0 Å². The summed E-state index contributed by atoms with van der Waals surface area (Å²) in [4.78, 5) is 11.1. The third kappa shape index (κ3) is 2.71. The highest BCUT2D eigenvalue weighted by atomic mass is 35.5. The van der Waals surface area contributed by atoms with Crippen LogP contribution in [0.15, 0.2) is 0 Å². The summed E-state index contributed by atoms with van der Waals surface area (Å²) in [7, 11) is 0. The first kappa shape index (κ1) is 10.5. The van der Waals surface area contributed by atoms with Crippen LogP contribution in [0, 0.1) is 5.92 Å². The number of hydrogen-bond donors (Lipinski definition) is 0. The zero-order chi connectivity index (χ0) is 9.19. The fourth-order valence-corrected chi connectivity index (χ4v) is 1.53. The van der Waals surface area contributed by atoms with Crippen LogP contribution in [0.25, 0.3) is 0 Å². The van der Waals surface area contributed by atoms with Gasteiger partial charge in [0.2, 0.25) is 0 Å². The molecule has 0 aromatic carbocycles. The second kappa shape index (κ2) is 4.07. The summed E-state index contributed by atoms with van der Waals surface area (Å²) in [5.74, 6) is 0.243. The van der Waals surface area contributed by atoms with Crippen LogP contribution in [-0.2, 0) is 9.53 Å². The molecule has 1 aliphatic rings. The molecule has 0 N–H and O–H groups in total. The summed E-state index contributed by atoms with van der Waals surface area (Å²) in [5, 5.41) is 0. The lowest BCUT2D eigenvalue weighted by Gasteiger charge is -2.02. The summed E-state index contributed by atoms with van der Waals surface area (Å²) in [6.45, 7) is 0.445. The molecule has 1 aliphatic carbocycles. The van der Waals surface area contributed by atoms with Crippen LogP contribution in [0.2, 0.25) is 0 Å². The molecule has 2 nitrogen and oxygen atoms in total. The molecule has 0 heterocycles. The van der Waals surface area contributed by atoms with Gasteiger partial charge in [-0.15, -0.1) is 23.2 Å². The quantitative estimate of drug-likeness (QED) is 0.419. The van der Waals surface area contributed by atoms with Gasteiger partial charge in [-0.1, -0.05) is 0 Å².